The van der Waals surface area contributed by atoms with E-state index >= 15 is 0 Å². The van der Waals surface area contributed by atoms with Crippen LogP contribution in [0.4, 0.5) is 0 Å². The Morgan fingerprint density at radius 3 is 1.82 bits per heavy atom. The van der Waals surface area contributed by atoms with Gasteiger partial charge in [0.05, 0.1) is 6.04 Å². The lowest BCUT2D eigenvalue weighted by atomic mass is 9.99. The van der Waals surface area contributed by atoms with Gasteiger partial charge in [-0.25, -0.2) is 0 Å². The van der Waals surface area contributed by atoms with Crippen LogP contribution in [0.25, 0.3) is 0 Å². The Bertz CT molecular complexity index is 436. The summed E-state index contributed by atoms with van der Waals surface area (Å²) in [6, 6.07) is 13.5. The van der Waals surface area contributed by atoms with Gasteiger partial charge >= 0.3 is 0 Å². The summed E-state index contributed by atoms with van der Waals surface area (Å²) in [4.78, 5) is 0. The van der Waals surface area contributed by atoms with Gasteiger partial charge in [0, 0.05) is 5.02 Å². The molecule has 3 nitrogen and oxygen atoms in total. The maximum atomic E-state index is 9.23. The number of hydroxylamine groups is 1. The van der Waals surface area contributed by atoms with Crippen LogP contribution in [-0.4, -0.2) is 10.3 Å². The Kier molecular flexibility index (Phi) is 3.64. The van der Waals surface area contributed by atoms with Crippen molar-refractivity contribution in [1.29, 1.82) is 0 Å². The van der Waals surface area contributed by atoms with Gasteiger partial charge in [-0.05, 0) is 35.4 Å². The fourth-order valence-electron chi connectivity index (χ4n) is 1.66. The van der Waals surface area contributed by atoms with Crippen LogP contribution in [0.1, 0.15) is 17.2 Å². The molecule has 4 heteroatoms. The predicted molar refractivity (Wildman–Crippen MR) is 66.3 cm³/mol. The van der Waals surface area contributed by atoms with Crippen LogP contribution in [0.5, 0.6) is 5.75 Å². The van der Waals surface area contributed by atoms with E-state index in [1.807, 2.05) is 12.1 Å². The van der Waals surface area contributed by atoms with E-state index in [2.05, 4.69) is 5.48 Å². The molecular weight excluding hydrogens is 238 g/mol. The minimum Gasteiger partial charge on any atom is -0.508 e. The molecular formula is C13H12ClNO2. The molecule has 2 rings (SSSR count). The van der Waals surface area contributed by atoms with Crippen LogP contribution >= 0.6 is 11.6 Å². The Morgan fingerprint density at radius 1 is 0.882 bits per heavy atom. The maximum Gasteiger partial charge on any atom is 0.115 e. The molecule has 0 bridgehead atoms. The SMILES string of the molecule is ONC(c1ccc(O)cc1)c1ccc(Cl)cc1. The second kappa shape index (κ2) is 5.19. The molecule has 0 aliphatic rings. The van der Waals surface area contributed by atoms with Gasteiger partial charge in [-0.3, -0.25) is 0 Å². The highest BCUT2D eigenvalue weighted by molar-refractivity contribution is 6.30. The van der Waals surface area contributed by atoms with E-state index in [9.17, 15) is 10.3 Å². The van der Waals surface area contributed by atoms with Gasteiger partial charge < -0.3 is 10.3 Å². The normalized spacial score (nSPS) is 12.4. The monoisotopic (exact) mass is 249 g/mol. The molecule has 1 unspecified atom stereocenters. The average Bonchev–Trinajstić information content (AvgIpc) is 2.35. The number of nitrogens with one attached hydrogen (secondary N) is 1. The second-order valence-corrected chi connectivity index (χ2v) is 4.14. The zero-order valence-electron chi connectivity index (χ0n) is 8.97. The second-order valence-electron chi connectivity index (χ2n) is 3.71. The number of benzene rings is 2. The first kappa shape index (κ1) is 11.9. The van der Waals surface area contributed by atoms with E-state index in [0.29, 0.717) is 5.02 Å². The standard InChI is InChI=1S/C13H12ClNO2/c14-11-5-1-9(2-6-11)13(15-17)10-3-7-12(16)8-4-10/h1-8,13,15-17H. The summed E-state index contributed by atoms with van der Waals surface area (Å²) in [5.41, 5.74) is 3.99. The van der Waals surface area contributed by atoms with Gasteiger partial charge in [0.15, 0.2) is 0 Å². The Labute approximate surface area is 104 Å². The number of hydrogen-bond acceptors (Lipinski definition) is 3. The highest BCUT2D eigenvalue weighted by Crippen LogP contribution is 2.24. The molecule has 88 valence electrons. The van der Waals surface area contributed by atoms with E-state index in [1.54, 1.807) is 36.4 Å². The third-order valence-electron chi connectivity index (χ3n) is 2.56. The summed E-state index contributed by atoms with van der Waals surface area (Å²) >= 11 is 5.81. The summed E-state index contributed by atoms with van der Waals surface area (Å²) in [6.07, 6.45) is 0. The minimum absolute atomic E-state index is 0.196. The zero-order chi connectivity index (χ0) is 12.3. The third kappa shape index (κ3) is 2.77. The van der Waals surface area contributed by atoms with Gasteiger partial charge in [0.2, 0.25) is 0 Å². The van der Waals surface area contributed by atoms with Crippen LogP contribution < -0.4 is 5.48 Å². The Morgan fingerprint density at radius 2 is 1.35 bits per heavy atom. The van der Waals surface area contributed by atoms with Crippen molar-refractivity contribution in [3.63, 3.8) is 0 Å². The molecule has 0 heterocycles. The smallest absolute Gasteiger partial charge is 0.115 e. The van der Waals surface area contributed by atoms with Gasteiger partial charge in [0.25, 0.3) is 0 Å². The van der Waals surface area contributed by atoms with E-state index < -0.39 is 0 Å². The largest absolute Gasteiger partial charge is 0.508 e. The van der Waals surface area contributed by atoms with Crippen LogP contribution in [-0.2, 0) is 0 Å². The minimum atomic E-state index is -0.340. The van der Waals surface area contributed by atoms with Crippen molar-refractivity contribution >= 4 is 11.6 Å². The maximum absolute atomic E-state index is 9.23. The lowest BCUT2D eigenvalue weighted by molar-refractivity contribution is 0.141. The van der Waals surface area contributed by atoms with Gasteiger partial charge in [-0.2, -0.15) is 5.48 Å². The molecule has 0 aromatic heterocycles. The molecule has 2 aromatic carbocycles. The summed E-state index contributed by atoms with van der Waals surface area (Å²) in [7, 11) is 0. The number of halogens is 1. The number of rotatable bonds is 3. The first-order valence-electron chi connectivity index (χ1n) is 5.14. The first-order valence-corrected chi connectivity index (χ1v) is 5.52. The molecule has 17 heavy (non-hydrogen) atoms. The summed E-state index contributed by atoms with van der Waals surface area (Å²) in [5.74, 6) is 0.196. The molecule has 0 fully saturated rings. The number of phenolic OH excluding ortho intramolecular Hbond substituents is 1. The molecule has 0 radical (unpaired) electrons. The summed E-state index contributed by atoms with van der Waals surface area (Å²) in [5, 5.41) is 19.1. The molecule has 0 spiro atoms. The number of phenols is 1. The van der Waals surface area contributed by atoms with Crippen LogP contribution in [0, 0.1) is 0 Å². The first-order chi connectivity index (χ1) is 8.20. The van der Waals surface area contributed by atoms with Crippen LogP contribution in [0.15, 0.2) is 48.5 Å². The molecule has 3 N–H and O–H groups in total. The topological polar surface area (TPSA) is 52.5 Å². The van der Waals surface area contributed by atoms with Crippen molar-refractivity contribution in [2.24, 2.45) is 0 Å². The molecule has 0 aliphatic carbocycles. The Balaban J connectivity index is 2.33. The van der Waals surface area contributed by atoms with Crippen molar-refractivity contribution in [2.75, 3.05) is 0 Å². The van der Waals surface area contributed by atoms with Crippen molar-refractivity contribution in [3.05, 3.63) is 64.7 Å². The van der Waals surface area contributed by atoms with Gasteiger partial charge in [0.1, 0.15) is 5.75 Å². The highest BCUT2D eigenvalue weighted by atomic mass is 35.5. The fourth-order valence-corrected chi connectivity index (χ4v) is 1.79. The molecule has 0 aliphatic heterocycles. The van der Waals surface area contributed by atoms with E-state index in [0.717, 1.165) is 11.1 Å². The van der Waals surface area contributed by atoms with Crippen molar-refractivity contribution in [2.45, 2.75) is 6.04 Å². The average molecular weight is 250 g/mol. The Hall–Kier alpha value is -1.55. The van der Waals surface area contributed by atoms with Gasteiger partial charge in [-0.15, -0.1) is 0 Å². The fraction of sp³-hybridized carbons (Fsp3) is 0.0769. The molecule has 0 saturated heterocycles. The molecule has 1 atom stereocenters. The molecule has 2 aromatic rings. The van der Waals surface area contributed by atoms with E-state index in [1.165, 1.54) is 0 Å². The van der Waals surface area contributed by atoms with E-state index in [4.69, 9.17) is 11.6 Å². The predicted octanol–water partition coefficient (Wildman–Crippen LogP) is 3.11. The molecule has 0 saturated carbocycles. The molecule has 0 amide bonds. The zero-order valence-corrected chi connectivity index (χ0v) is 9.72. The summed E-state index contributed by atoms with van der Waals surface area (Å²) in [6.45, 7) is 0. The van der Waals surface area contributed by atoms with Crippen LogP contribution in [0.2, 0.25) is 5.02 Å². The van der Waals surface area contributed by atoms with Crippen LogP contribution in [0.3, 0.4) is 0 Å². The third-order valence-corrected chi connectivity index (χ3v) is 2.81. The van der Waals surface area contributed by atoms with Crippen molar-refractivity contribution in [1.82, 2.24) is 5.48 Å². The quantitative estimate of drug-likeness (QED) is 0.733. The number of aromatic hydroxyl groups is 1. The van der Waals surface area contributed by atoms with E-state index in [-0.39, 0.29) is 11.8 Å². The number of hydrogen-bond donors (Lipinski definition) is 3. The van der Waals surface area contributed by atoms with Crippen molar-refractivity contribution < 1.29 is 10.3 Å². The highest BCUT2D eigenvalue weighted by Gasteiger charge is 2.12. The van der Waals surface area contributed by atoms with Crippen molar-refractivity contribution in [3.8, 4) is 5.75 Å². The lowest BCUT2D eigenvalue weighted by Crippen LogP contribution is -2.18. The summed E-state index contributed by atoms with van der Waals surface area (Å²) < 4.78 is 0. The van der Waals surface area contributed by atoms with Gasteiger partial charge in [-0.1, -0.05) is 35.9 Å². The lowest BCUT2D eigenvalue weighted by Gasteiger charge is -2.16.